The number of hydrogen-bond donors (Lipinski definition) is 2. The zero-order chi connectivity index (χ0) is 45.5. The highest BCUT2D eigenvalue weighted by Gasteiger charge is 2.27. The van der Waals surface area contributed by atoms with Gasteiger partial charge < -0.3 is 58.4 Å². The first kappa shape index (κ1) is 50.3. The molecule has 0 aliphatic rings. The summed E-state index contributed by atoms with van der Waals surface area (Å²) in [6.07, 6.45) is 0.828. The van der Waals surface area contributed by atoms with Crippen molar-refractivity contribution in [1.82, 2.24) is 0 Å². The topological polar surface area (TPSA) is 199 Å². The van der Waals surface area contributed by atoms with Gasteiger partial charge in [0, 0.05) is 24.3 Å². The molecule has 4 rings (SSSR count). The molecular weight excluding hydrogens is 792 g/mol. The zero-order valence-corrected chi connectivity index (χ0v) is 36.7. The van der Waals surface area contributed by atoms with E-state index in [9.17, 15) is 19.2 Å². The van der Waals surface area contributed by atoms with Crippen LogP contribution in [0, 0.1) is 11.8 Å². The number of nitrogen functional groups attached to an aromatic ring is 1. The minimum atomic E-state index is -0.925. The summed E-state index contributed by atoms with van der Waals surface area (Å²) in [5.74, 6) is 2.21. The van der Waals surface area contributed by atoms with Crippen LogP contribution in [-0.4, -0.2) is 79.5 Å². The SMILES string of the molecule is CCOC(=O)C(CC)C(=O)Nc1ccc(OC)cc1Oc1cc(OC)ccc1OC.CCOC(=O)C(CC)C(C)=O.COc1ccc(N)c(Oc2ccc(OC)cc2OC)c1. The number of nitrogens with two attached hydrogens (primary N) is 1. The number of hydrogen-bond acceptors (Lipinski definition) is 15. The van der Waals surface area contributed by atoms with Gasteiger partial charge in [-0.2, -0.15) is 0 Å². The lowest BCUT2D eigenvalue weighted by molar-refractivity contribution is -0.152. The van der Waals surface area contributed by atoms with E-state index in [-0.39, 0.29) is 12.4 Å². The van der Waals surface area contributed by atoms with Crippen molar-refractivity contribution < 1.29 is 66.5 Å². The third-order valence-corrected chi connectivity index (χ3v) is 8.61. The molecule has 0 saturated heterocycles. The first-order valence-corrected chi connectivity index (χ1v) is 19.3. The number of Topliss-reactive ketones (excluding diaryl/α,β-unsaturated/α-hetero) is 1. The van der Waals surface area contributed by atoms with Crippen molar-refractivity contribution in [2.75, 3.05) is 66.9 Å². The molecule has 0 aliphatic heterocycles. The summed E-state index contributed by atoms with van der Waals surface area (Å²) in [7, 11) is 9.34. The molecule has 0 spiro atoms. The zero-order valence-electron chi connectivity index (χ0n) is 36.7. The molecule has 0 aliphatic carbocycles. The van der Waals surface area contributed by atoms with Crippen molar-refractivity contribution in [3.8, 4) is 57.5 Å². The van der Waals surface area contributed by atoms with Crippen LogP contribution >= 0.6 is 0 Å². The second-order valence-electron chi connectivity index (χ2n) is 12.5. The van der Waals surface area contributed by atoms with E-state index in [4.69, 9.17) is 53.1 Å². The molecule has 16 nitrogen and oxygen atoms in total. The third kappa shape index (κ3) is 15.4. The molecule has 1 amide bonds. The number of rotatable bonds is 19. The number of nitrogens with one attached hydrogen (secondary N) is 1. The fraction of sp³-hybridized carbons (Fsp3) is 0.378. The Morgan fingerprint density at radius 1 is 0.508 bits per heavy atom. The molecule has 0 saturated carbocycles. The van der Waals surface area contributed by atoms with Crippen LogP contribution in [0.3, 0.4) is 0 Å². The summed E-state index contributed by atoms with van der Waals surface area (Å²) in [6.45, 7) is 8.91. The fourth-order valence-electron chi connectivity index (χ4n) is 5.29. The molecule has 0 fully saturated rings. The Bertz CT molecular complexity index is 2040. The van der Waals surface area contributed by atoms with Crippen molar-refractivity contribution in [3.63, 3.8) is 0 Å². The van der Waals surface area contributed by atoms with Gasteiger partial charge in [-0.3, -0.25) is 19.2 Å². The fourth-order valence-corrected chi connectivity index (χ4v) is 5.29. The molecule has 3 N–H and O–H groups in total. The Labute approximate surface area is 357 Å². The van der Waals surface area contributed by atoms with Gasteiger partial charge in [-0.05, 0) is 82.1 Å². The highest BCUT2D eigenvalue weighted by molar-refractivity contribution is 6.05. The molecule has 0 aromatic heterocycles. The number of anilines is 2. The van der Waals surface area contributed by atoms with E-state index in [1.807, 2.05) is 0 Å². The standard InChI is InChI=1S/C22H27NO7.C15H17NO4.C8H14O3/c1-6-16(22(25)29-7-2)21(24)23-17-10-8-14(26-3)12-19(17)30-20-13-15(27-4)9-11-18(20)28-5;1-17-10-4-6-12(16)14(8-10)20-13-7-5-11(18-2)9-15(13)19-3;1-4-7(6(3)9)8(10)11-5-2/h8-13,16H,6-7H2,1-5H3,(H,23,24);4-9H,16H2,1-3H3;7H,4-5H2,1-3H3. The van der Waals surface area contributed by atoms with Crippen LogP contribution in [-0.2, 0) is 28.7 Å². The second kappa shape index (κ2) is 26.3. The maximum atomic E-state index is 12.7. The molecule has 332 valence electrons. The normalized spacial score (nSPS) is 11.0. The van der Waals surface area contributed by atoms with Crippen molar-refractivity contribution >= 4 is 35.0 Å². The Morgan fingerprint density at radius 2 is 0.934 bits per heavy atom. The molecule has 61 heavy (non-hydrogen) atoms. The summed E-state index contributed by atoms with van der Waals surface area (Å²) in [6, 6.07) is 20.6. The molecule has 0 bridgehead atoms. The molecule has 0 radical (unpaired) electrons. The van der Waals surface area contributed by atoms with E-state index in [0.717, 1.165) is 0 Å². The monoisotopic (exact) mass is 850 g/mol. The quantitative estimate of drug-likeness (QED) is 0.0519. The molecular formula is C45H58N2O14. The summed E-state index contributed by atoms with van der Waals surface area (Å²) in [5.41, 5.74) is 6.78. The van der Waals surface area contributed by atoms with Gasteiger partial charge in [0.25, 0.3) is 0 Å². The van der Waals surface area contributed by atoms with E-state index in [2.05, 4.69) is 5.32 Å². The van der Waals surface area contributed by atoms with Gasteiger partial charge in [0.15, 0.2) is 34.5 Å². The average molecular weight is 851 g/mol. The van der Waals surface area contributed by atoms with Crippen molar-refractivity contribution in [1.29, 1.82) is 0 Å². The summed E-state index contributed by atoms with van der Waals surface area (Å²) >= 11 is 0. The van der Waals surface area contributed by atoms with E-state index >= 15 is 0 Å². The highest BCUT2D eigenvalue weighted by atomic mass is 16.5. The third-order valence-electron chi connectivity index (χ3n) is 8.61. The van der Waals surface area contributed by atoms with Gasteiger partial charge >= 0.3 is 11.9 Å². The number of ketones is 1. The largest absolute Gasteiger partial charge is 0.497 e. The number of amides is 1. The number of methoxy groups -OCH3 is 6. The first-order valence-electron chi connectivity index (χ1n) is 19.3. The lowest BCUT2D eigenvalue weighted by Gasteiger charge is -2.18. The number of ether oxygens (including phenoxy) is 10. The summed E-state index contributed by atoms with van der Waals surface area (Å²) in [5, 5.41) is 2.75. The van der Waals surface area contributed by atoms with Crippen molar-refractivity contribution in [2.24, 2.45) is 11.8 Å². The molecule has 4 aromatic rings. The average Bonchev–Trinajstić information content (AvgIpc) is 3.26. The van der Waals surface area contributed by atoms with E-state index in [1.54, 1.807) is 129 Å². The van der Waals surface area contributed by atoms with Gasteiger partial charge in [0.1, 0.15) is 40.6 Å². The molecule has 2 atom stereocenters. The molecule has 16 heteroatoms. The van der Waals surface area contributed by atoms with Gasteiger partial charge in [-0.1, -0.05) is 13.8 Å². The lowest BCUT2D eigenvalue weighted by atomic mass is 10.0. The van der Waals surface area contributed by atoms with Crippen LogP contribution in [0.4, 0.5) is 11.4 Å². The smallest absolute Gasteiger partial charge is 0.318 e. The number of carbonyl (C=O) groups excluding carboxylic acids is 4. The van der Waals surface area contributed by atoms with Gasteiger partial charge in [-0.15, -0.1) is 0 Å². The van der Waals surface area contributed by atoms with Gasteiger partial charge in [0.05, 0.1) is 67.2 Å². The molecule has 4 aromatic carbocycles. The van der Waals surface area contributed by atoms with Crippen LogP contribution in [0.5, 0.6) is 57.5 Å². The van der Waals surface area contributed by atoms with Crippen LogP contribution < -0.4 is 48.9 Å². The molecule has 2 unspecified atom stereocenters. The highest BCUT2D eigenvalue weighted by Crippen LogP contribution is 2.40. The predicted molar refractivity (Wildman–Crippen MR) is 230 cm³/mol. The Hall–Kier alpha value is -6.84. The van der Waals surface area contributed by atoms with Crippen LogP contribution in [0.1, 0.15) is 47.5 Å². The maximum absolute atomic E-state index is 12.7. The lowest BCUT2D eigenvalue weighted by Crippen LogP contribution is -2.30. The Balaban J connectivity index is 0.000000354. The maximum Gasteiger partial charge on any atom is 0.318 e. The van der Waals surface area contributed by atoms with Gasteiger partial charge in [-0.25, -0.2) is 0 Å². The minimum Gasteiger partial charge on any atom is -0.497 e. The number of carbonyl (C=O) groups is 4. The number of esters is 2. The minimum absolute atomic E-state index is 0.119. The predicted octanol–water partition coefficient (Wildman–Crippen LogP) is 8.28. The van der Waals surface area contributed by atoms with E-state index in [0.29, 0.717) is 88.3 Å². The Morgan fingerprint density at radius 3 is 1.41 bits per heavy atom. The number of benzene rings is 4. The van der Waals surface area contributed by atoms with Crippen LogP contribution in [0.15, 0.2) is 72.8 Å². The summed E-state index contributed by atoms with van der Waals surface area (Å²) in [4.78, 5) is 46.5. The van der Waals surface area contributed by atoms with Gasteiger partial charge in [0.2, 0.25) is 5.91 Å². The van der Waals surface area contributed by atoms with Crippen LogP contribution in [0.2, 0.25) is 0 Å². The Kier molecular flexibility index (Phi) is 21.7. The second-order valence-corrected chi connectivity index (χ2v) is 12.5. The van der Waals surface area contributed by atoms with E-state index in [1.165, 1.54) is 21.1 Å². The van der Waals surface area contributed by atoms with E-state index < -0.39 is 29.7 Å². The van der Waals surface area contributed by atoms with Crippen molar-refractivity contribution in [3.05, 3.63) is 72.8 Å². The van der Waals surface area contributed by atoms with Crippen molar-refractivity contribution in [2.45, 2.75) is 47.5 Å². The molecule has 0 heterocycles. The summed E-state index contributed by atoms with van der Waals surface area (Å²) < 4.78 is 52.9. The van der Waals surface area contributed by atoms with Crippen LogP contribution in [0.25, 0.3) is 0 Å². The first-order chi connectivity index (χ1) is 29.3.